The molecule has 0 radical (unpaired) electrons. The Labute approximate surface area is 325 Å². The lowest BCUT2D eigenvalue weighted by atomic mass is 9.87. The Morgan fingerprint density at radius 2 is 1.20 bits per heavy atom. The minimum absolute atomic E-state index is 0.0622. The average Bonchev–Trinajstić information content (AvgIpc) is 3.43. The Hall–Kier alpha value is -3.79. The average molecular weight is 788 g/mol. The number of nitrogens with one attached hydrogen (secondary N) is 2. The van der Waals surface area contributed by atoms with Gasteiger partial charge in [-0.3, -0.25) is 24.0 Å². The maximum Gasteiger partial charge on any atom is 0.328 e. The standard InChI is InChI=1S/C38H53N5O9S2/c1-51-37(49)28-10-6-12-31-42(28)35(47)26(18-20-53-31)40-33(45)24(16-17-30(39)44)14-15-25(22-23-8-4-3-5-9-23)34(46)41-27-19-21-54-32-13-7-11-29(38(50)52-2)43(32)36(27)48/h3-5,8-9,24-29,31-32H,6-7,10-22H2,1-2H3,(H2,39,44)(H,40,45)(H,41,46)/t24-,25-,26+,27+,28+,29+,31+,32+/m1/s1. The lowest BCUT2D eigenvalue weighted by molar-refractivity contribution is -0.156. The van der Waals surface area contributed by atoms with Crippen molar-refractivity contribution in [3.05, 3.63) is 35.9 Å². The van der Waals surface area contributed by atoms with Crippen molar-refractivity contribution in [2.45, 2.75) is 118 Å². The van der Waals surface area contributed by atoms with E-state index in [1.54, 1.807) is 33.3 Å². The molecule has 1 aromatic rings. The number of ether oxygens (including phenoxy) is 2. The number of thioether (sulfide) groups is 2. The van der Waals surface area contributed by atoms with E-state index in [1.807, 2.05) is 30.3 Å². The van der Waals surface area contributed by atoms with E-state index in [0.29, 0.717) is 43.6 Å². The van der Waals surface area contributed by atoms with E-state index >= 15 is 0 Å². The van der Waals surface area contributed by atoms with Crippen molar-refractivity contribution < 1.29 is 43.0 Å². The van der Waals surface area contributed by atoms with Crippen LogP contribution in [0.25, 0.3) is 0 Å². The first-order valence-electron chi connectivity index (χ1n) is 19.0. The van der Waals surface area contributed by atoms with Gasteiger partial charge in [-0.1, -0.05) is 30.3 Å². The molecule has 0 aliphatic carbocycles. The first kappa shape index (κ1) is 41.4. The van der Waals surface area contributed by atoms with Crippen molar-refractivity contribution in [1.82, 2.24) is 20.4 Å². The third kappa shape index (κ3) is 10.3. The molecule has 5 amide bonds. The van der Waals surface area contributed by atoms with Crippen LogP contribution in [-0.2, 0) is 49.5 Å². The summed E-state index contributed by atoms with van der Waals surface area (Å²) >= 11 is 3.20. The van der Waals surface area contributed by atoms with Gasteiger partial charge in [0.15, 0.2) is 0 Å². The van der Waals surface area contributed by atoms with E-state index < -0.39 is 59.8 Å². The van der Waals surface area contributed by atoms with Crippen molar-refractivity contribution in [2.24, 2.45) is 17.6 Å². The minimum atomic E-state index is -0.869. The fourth-order valence-electron chi connectivity index (χ4n) is 8.03. The minimum Gasteiger partial charge on any atom is -0.467 e. The van der Waals surface area contributed by atoms with E-state index in [1.165, 1.54) is 14.2 Å². The lowest BCUT2D eigenvalue weighted by Gasteiger charge is -2.40. The molecule has 54 heavy (non-hydrogen) atoms. The monoisotopic (exact) mass is 787 g/mol. The molecule has 0 spiro atoms. The Morgan fingerprint density at radius 1 is 0.722 bits per heavy atom. The highest BCUT2D eigenvalue weighted by Crippen LogP contribution is 2.36. The molecule has 16 heteroatoms. The van der Waals surface area contributed by atoms with Gasteiger partial charge in [0.25, 0.3) is 0 Å². The van der Waals surface area contributed by atoms with Crippen LogP contribution in [0, 0.1) is 11.8 Å². The molecular weight excluding hydrogens is 735 g/mol. The number of carbonyl (C=O) groups is 7. The van der Waals surface area contributed by atoms with Crippen LogP contribution in [-0.4, -0.2) is 112 Å². The first-order valence-corrected chi connectivity index (χ1v) is 21.1. The zero-order valence-corrected chi connectivity index (χ0v) is 32.7. The number of piperidine rings is 2. The Kier molecular flexibility index (Phi) is 15.1. The smallest absolute Gasteiger partial charge is 0.328 e. The molecule has 4 aliphatic rings. The highest BCUT2D eigenvalue weighted by Gasteiger charge is 2.45. The zero-order valence-electron chi connectivity index (χ0n) is 31.1. The van der Waals surface area contributed by atoms with E-state index in [2.05, 4.69) is 10.6 Å². The van der Waals surface area contributed by atoms with Gasteiger partial charge in [-0.15, -0.1) is 23.5 Å². The summed E-state index contributed by atoms with van der Waals surface area (Å²) in [5.41, 5.74) is 6.41. The topological polar surface area (TPSA) is 195 Å². The van der Waals surface area contributed by atoms with Gasteiger partial charge >= 0.3 is 11.9 Å². The van der Waals surface area contributed by atoms with Gasteiger partial charge in [0.05, 0.1) is 25.0 Å². The number of methoxy groups -OCH3 is 2. The summed E-state index contributed by atoms with van der Waals surface area (Å²) in [7, 11) is 2.61. The largest absolute Gasteiger partial charge is 0.467 e. The van der Waals surface area contributed by atoms with Crippen LogP contribution >= 0.6 is 23.5 Å². The van der Waals surface area contributed by atoms with Gasteiger partial charge in [0.2, 0.25) is 29.5 Å². The molecule has 0 saturated carbocycles. The molecule has 14 nitrogen and oxygen atoms in total. The predicted molar refractivity (Wildman–Crippen MR) is 203 cm³/mol. The lowest BCUT2D eigenvalue weighted by Crippen LogP contribution is -2.58. The molecule has 1 aromatic carbocycles. The van der Waals surface area contributed by atoms with Crippen LogP contribution in [0.3, 0.4) is 0 Å². The van der Waals surface area contributed by atoms with Crippen molar-refractivity contribution >= 4 is 65.0 Å². The van der Waals surface area contributed by atoms with Gasteiger partial charge in [-0.25, -0.2) is 9.59 Å². The van der Waals surface area contributed by atoms with Crippen LogP contribution < -0.4 is 16.4 Å². The number of nitrogens with two attached hydrogens (primary N) is 1. The van der Waals surface area contributed by atoms with E-state index in [9.17, 15) is 33.6 Å². The molecule has 296 valence electrons. The quantitative estimate of drug-likeness (QED) is 0.235. The van der Waals surface area contributed by atoms with E-state index in [0.717, 1.165) is 31.2 Å². The van der Waals surface area contributed by atoms with Gasteiger partial charge in [0, 0.05) is 18.3 Å². The highest BCUT2D eigenvalue weighted by atomic mass is 32.2. The number of esters is 2. The number of benzene rings is 1. The molecule has 5 rings (SSSR count). The number of fused-ring (bicyclic) bond motifs is 2. The van der Waals surface area contributed by atoms with Crippen LogP contribution in [0.15, 0.2) is 30.3 Å². The maximum atomic E-state index is 14.2. The second kappa shape index (κ2) is 19.7. The number of carbonyl (C=O) groups excluding carboxylic acids is 7. The molecule has 4 saturated heterocycles. The second-order valence-electron chi connectivity index (χ2n) is 14.4. The van der Waals surface area contributed by atoms with Crippen molar-refractivity contribution in [3.63, 3.8) is 0 Å². The van der Waals surface area contributed by atoms with Gasteiger partial charge in [-0.05, 0) is 94.1 Å². The molecule has 4 fully saturated rings. The Balaban J connectivity index is 1.31. The summed E-state index contributed by atoms with van der Waals surface area (Å²) in [4.78, 5) is 96.4. The number of amides is 5. The van der Waals surface area contributed by atoms with E-state index in [4.69, 9.17) is 15.2 Å². The van der Waals surface area contributed by atoms with E-state index in [-0.39, 0.29) is 54.2 Å². The molecular formula is C38H53N5O9S2. The third-order valence-corrected chi connectivity index (χ3v) is 13.6. The van der Waals surface area contributed by atoms with Crippen molar-refractivity contribution in [3.8, 4) is 0 Å². The molecule has 0 bridgehead atoms. The van der Waals surface area contributed by atoms with Crippen molar-refractivity contribution in [2.75, 3.05) is 25.7 Å². The molecule has 4 N–H and O–H groups in total. The number of primary amides is 1. The third-order valence-electron chi connectivity index (χ3n) is 10.9. The molecule has 8 atom stereocenters. The Morgan fingerprint density at radius 3 is 1.69 bits per heavy atom. The van der Waals surface area contributed by atoms with Crippen LogP contribution in [0.1, 0.15) is 82.6 Å². The molecule has 4 aliphatic heterocycles. The summed E-state index contributed by atoms with van der Waals surface area (Å²) in [5, 5.41) is 5.57. The van der Waals surface area contributed by atoms with Crippen molar-refractivity contribution in [1.29, 1.82) is 0 Å². The number of nitrogens with zero attached hydrogens (tertiary/aromatic N) is 2. The summed E-state index contributed by atoms with van der Waals surface area (Å²) < 4.78 is 10.0. The molecule has 0 unspecified atom stereocenters. The SMILES string of the molecule is COC(=O)[C@@H]1CCC[C@@H]2SCC[C@H](NC(=O)[C@@H](CCC(N)=O)CC[C@H](Cc3ccccc3)C(=O)N[C@H]3CCS[C@H]4CCC[C@@H](C(=O)OC)N4C3=O)C(=O)N21. The Bertz CT molecular complexity index is 1530. The summed E-state index contributed by atoms with van der Waals surface area (Å²) in [6, 6.07) is 6.33. The summed E-state index contributed by atoms with van der Waals surface area (Å²) in [6.45, 7) is 0. The number of hydrogen-bond donors (Lipinski definition) is 3. The predicted octanol–water partition coefficient (Wildman–Crippen LogP) is 2.51. The summed E-state index contributed by atoms with van der Waals surface area (Å²) in [6.07, 6.45) is 5.70. The fourth-order valence-corrected chi connectivity index (χ4v) is 10.8. The number of rotatable bonds is 14. The van der Waals surface area contributed by atoms with Crippen LogP contribution in [0.4, 0.5) is 0 Å². The number of hydrogen-bond acceptors (Lipinski definition) is 11. The zero-order chi connectivity index (χ0) is 38.8. The van der Waals surface area contributed by atoms with Gasteiger partial charge in [0.1, 0.15) is 24.2 Å². The first-order chi connectivity index (χ1) is 26.0. The van der Waals surface area contributed by atoms with Gasteiger partial charge in [-0.2, -0.15) is 0 Å². The van der Waals surface area contributed by atoms with Gasteiger partial charge < -0.3 is 35.6 Å². The van der Waals surface area contributed by atoms with Crippen LogP contribution in [0.2, 0.25) is 0 Å². The normalized spacial score (nSPS) is 26.9. The molecule has 0 aromatic heterocycles. The van der Waals surface area contributed by atoms with Crippen LogP contribution in [0.5, 0.6) is 0 Å². The summed E-state index contributed by atoms with van der Waals surface area (Å²) in [5.74, 6) is -3.08. The maximum absolute atomic E-state index is 14.2. The second-order valence-corrected chi connectivity index (χ2v) is 17.0. The fraction of sp³-hybridized carbons (Fsp3) is 0.658. The molecule has 4 heterocycles. The highest BCUT2D eigenvalue weighted by molar-refractivity contribution is 8.00.